The van der Waals surface area contributed by atoms with E-state index >= 15 is 0 Å². The minimum absolute atomic E-state index is 0.0608. The van der Waals surface area contributed by atoms with Crippen LogP contribution in [0.1, 0.15) is 18.1 Å². The number of rotatable bonds is 5. The molecular weight excluding hydrogens is 266 g/mol. The molecule has 1 atom stereocenters. The molecule has 1 aromatic rings. The van der Waals surface area contributed by atoms with E-state index in [4.69, 9.17) is 4.74 Å². The molecule has 1 aliphatic rings. The Labute approximate surface area is 126 Å². The molecule has 0 radical (unpaired) electrons. The van der Waals surface area contributed by atoms with Crippen LogP contribution in [0.5, 0.6) is 0 Å². The summed E-state index contributed by atoms with van der Waals surface area (Å²) in [4.78, 5) is 14.5. The van der Waals surface area contributed by atoms with Gasteiger partial charge in [0.25, 0.3) is 5.91 Å². The fourth-order valence-corrected chi connectivity index (χ4v) is 2.46. The van der Waals surface area contributed by atoms with E-state index in [-0.39, 0.29) is 5.91 Å². The maximum absolute atomic E-state index is 12.3. The highest BCUT2D eigenvalue weighted by atomic mass is 16.5. The minimum Gasteiger partial charge on any atom is -0.363 e. The molecule has 1 aromatic carbocycles. The van der Waals surface area contributed by atoms with Gasteiger partial charge in [-0.05, 0) is 32.1 Å². The van der Waals surface area contributed by atoms with Crippen LogP contribution in [0.25, 0.3) is 0 Å². The summed E-state index contributed by atoms with van der Waals surface area (Å²) in [5.74, 6) is -0.0608. The van der Waals surface area contributed by atoms with Crippen molar-refractivity contribution >= 4 is 5.91 Å². The molecule has 1 aliphatic heterocycles. The van der Waals surface area contributed by atoms with E-state index in [1.54, 1.807) is 0 Å². The Hall–Kier alpha value is -1.43. The summed E-state index contributed by atoms with van der Waals surface area (Å²) in [6.07, 6.45) is 0. The van der Waals surface area contributed by atoms with Crippen LogP contribution in [0.2, 0.25) is 0 Å². The van der Waals surface area contributed by atoms with Gasteiger partial charge >= 0.3 is 0 Å². The lowest BCUT2D eigenvalue weighted by molar-refractivity contribution is -0.148. The van der Waals surface area contributed by atoms with Crippen molar-refractivity contribution in [3.63, 3.8) is 0 Å². The molecule has 2 N–H and O–H groups in total. The second-order valence-corrected chi connectivity index (χ2v) is 5.95. The largest absolute Gasteiger partial charge is 0.363 e. The van der Waals surface area contributed by atoms with Crippen molar-refractivity contribution in [2.24, 2.45) is 0 Å². The number of ether oxygens (including phenoxy) is 1. The number of amides is 1. The molecule has 116 valence electrons. The summed E-state index contributed by atoms with van der Waals surface area (Å²) >= 11 is 0. The fraction of sp³-hybridized carbons (Fsp3) is 0.562. The van der Waals surface area contributed by atoms with Gasteiger partial charge in [0.2, 0.25) is 0 Å². The van der Waals surface area contributed by atoms with Gasteiger partial charge in [-0.1, -0.05) is 24.3 Å². The lowest BCUT2D eigenvalue weighted by Crippen LogP contribution is -2.56. The van der Waals surface area contributed by atoms with Crippen molar-refractivity contribution in [2.45, 2.75) is 25.6 Å². The molecule has 0 saturated carbocycles. The molecule has 0 aromatic heterocycles. The molecule has 21 heavy (non-hydrogen) atoms. The summed E-state index contributed by atoms with van der Waals surface area (Å²) in [6.45, 7) is 5.15. The highest BCUT2D eigenvalue weighted by molar-refractivity contribution is 5.85. The van der Waals surface area contributed by atoms with E-state index in [2.05, 4.69) is 27.7 Å². The van der Waals surface area contributed by atoms with Gasteiger partial charge < -0.3 is 20.3 Å². The fourth-order valence-electron chi connectivity index (χ4n) is 2.46. The van der Waals surface area contributed by atoms with Crippen LogP contribution in [-0.2, 0) is 22.6 Å². The average Bonchev–Trinajstić information content (AvgIpc) is 2.46. The normalized spacial score (nSPS) is 22.3. The van der Waals surface area contributed by atoms with Crippen LogP contribution in [0, 0.1) is 0 Å². The monoisotopic (exact) mass is 291 g/mol. The van der Waals surface area contributed by atoms with E-state index in [0.717, 1.165) is 18.7 Å². The van der Waals surface area contributed by atoms with Crippen molar-refractivity contribution in [2.75, 3.05) is 33.8 Å². The first-order valence-corrected chi connectivity index (χ1v) is 7.36. The number of carbonyl (C=O) groups is 1. The lowest BCUT2D eigenvalue weighted by Gasteiger charge is -2.33. The van der Waals surface area contributed by atoms with Gasteiger partial charge in [-0.25, -0.2) is 0 Å². The highest BCUT2D eigenvalue weighted by Gasteiger charge is 2.35. The van der Waals surface area contributed by atoms with E-state index in [0.29, 0.717) is 19.7 Å². The Balaban J connectivity index is 1.98. The van der Waals surface area contributed by atoms with E-state index in [1.165, 1.54) is 5.56 Å². The number of carbonyl (C=O) groups excluding carboxylic acids is 1. The summed E-state index contributed by atoms with van der Waals surface area (Å²) < 4.78 is 5.63. The molecule has 0 bridgehead atoms. The molecule has 5 heteroatoms. The van der Waals surface area contributed by atoms with Crippen molar-refractivity contribution in [3.8, 4) is 0 Å². The van der Waals surface area contributed by atoms with Crippen molar-refractivity contribution in [1.29, 1.82) is 0 Å². The zero-order chi connectivity index (χ0) is 15.3. The molecule has 1 amide bonds. The summed E-state index contributed by atoms with van der Waals surface area (Å²) in [5.41, 5.74) is 1.61. The third-order valence-corrected chi connectivity index (χ3v) is 3.69. The molecule has 5 nitrogen and oxygen atoms in total. The SMILES string of the molecule is CN(C)Cc1ccccc1CNC(=O)[C@@]1(C)CNCCO1. The Morgan fingerprint density at radius 1 is 1.38 bits per heavy atom. The Morgan fingerprint density at radius 3 is 2.71 bits per heavy atom. The smallest absolute Gasteiger partial charge is 0.253 e. The molecule has 0 aliphatic carbocycles. The lowest BCUT2D eigenvalue weighted by atomic mass is 10.0. The van der Waals surface area contributed by atoms with Gasteiger partial charge in [0, 0.05) is 26.2 Å². The number of hydrogen-bond donors (Lipinski definition) is 2. The molecule has 1 fully saturated rings. The first-order chi connectivity index (χ1) is 10.0. The summed E-state index contributed by atoms with van der Waals surface area (Å²) in [6, 6.07) is 8.18. The van der Waals surface area contributed by atoms with Crippen LogP contribution in [0.4, 0.5) is 0 Å². The zero-order valence-corrected chi connectivity index (χ0v) is 13.1. The number of nitrogens with zero attached hydrogens (tertiary/aromatic N) is 1. The van der Waals surface area contributed by atoms with Gasteiger partial charge in [0.15, 0.2) is 5.60 Å². The number of hydrogen-bond acceptors (Lipinski definition) is 4. The Morgan fingerprint density at radius 2 is 2.10 bits per heavy atom. The average molecular weight is 291 g/mol. The molecule has 0 unspecified atom stereocenters. The topological polar surface area (TPSA) is 53.6 Å². The molecular formula is C16H25N3O2. The number of morpholine rings is 1. The Kier molecular flexibility index (Phi) is 5.33. The van der Waals surface area contributed by atoms with Gasteiger partial charge in [0.1, 0.15) is 0 Å². The first kappa shape index (κ1) is 15.9. The third kappa shape index (κ3) is 4.27. The minimum atomic E-state index is -0.769. The number of nitrogens with one attached hydrogen (secondary N) is 2. The zero-order valence-electron chi connectivity index (χ0n) is 13.1. The maximum atomic E-state index is 12.3. The quantitative estimate of drug-likeness (QED) is 0.840. The van der Waals surface area contributed by atoms with Crippen molar-refractivity contribution < 1.29 is 9.53 Å². The molecule has 2 rings (SSSR count). The van der Waals surface area contributed by atoms with E-state index in [1.807, 2.05) is 33.2 Å². The van der Waals surface area contributed by atoms with Crippen LogP contribution in [-0.4, -0.2) is 50.2 Å². The van der Waals surface area contributed by atoms with Gasteiger partial charge in [-0.15, -0.1) is 0 Å². The predicted octanol–water partition coefficient (Wildman–Crippen LogP) is 0.743. The van der Waals surface area contributed by atoms with Crippen molar-refractivity contribution in [1.82, 2.24) is 15.5 Å². The highest BCUT2D eigenvalue weighted by Crippen LogP contribution is 2.14. The second kappa shape index (κ2) is 7.02. The van der Waals surface area contributed by atoms with Gasteiger partial charge in [-0.2, -0.15) is 0 Å². The van der Waals surface area contributed by atoms with Crippen LogP contribution >= 0.6 is 0 Å². The van der Waals surface area contributed by atoms with Crippen molar-refractivity contribution in [3.05, 3.63) is 35.4 Å². The standard InChI is InChI=1S/C16H25N3O2/c1-16(12-17-8-9-21-16)15(20)18-10-13-6-4-5-7-14(13)11-19(2)3/h4-7,17H,8-12H2,1-3H3,(H,18,20)/t16-/m1/s1. The van der Waals surface area contributed by atoms with Crippen LogP contribution < -0.4 is 10.6 Å². The van der Waals surface area contributed by atoms with E-state index < -0.39 is 5.60 Å². The third-order valence-electron chi connectivity index (χ3n) is 3.69. The van der Waals surface area contributed by atoms with Crippen LogP contribution in [0.15, 0.2) is 24.3 Å². The summed E-state index contributed by atoms with van der Waals surface area (Å²) in [5, 5.41) is 6.20. The van der Waals surface area contributed by atoms with Gasteiger partial charge in [-0.3, -0.25) is 4.79 Å². The molecule has 1 saturated heterocycles. The van der Waals surface area contributed by atoms with Gasteiger partial charge in [0.05, 0.1) is 6.61 Å². The first-order valence-electron chi connectivity index (χ1n) is 7.36. The van der Waals surface area contributed by atoms with Crippen LogP contribution in [0.3, 0.4) is 0 Å². The van der Waals surface area contributed by atoms with E-state index in [9.17, 15) is 4.79 Å². The number of benzene rings is 1. The Bertz CT molecular complexity index is 482. The summed E-state index contributed by atoms with van der Waals surface area (Å²) in [7, 11) is 4.08. The molecule has 0 spiro atoms. The maximum Gasteiger partial charge on any atom is 0.253 e. The molecule has 1 heterocycles. The predicted molar refractivity (Wildman–Crippen MR) is 82.9 cm³/mol. The second-order valence-electron chi connectivity index (χ2n) is 5.95.